The van der Waals surface area contributed by atoms with Gasteiger partial charge in [-0.3, -0.25) is 0 Å². The number of hydrogen-bond acceptors (Lipinski definition) is 4. The van der Waals surface area contributed by atoms with E-state index in [1.807, 2.05) is 0 Å². The minimum absolute atomic E-state index is 0.0300. The lowest BCUT2D eigenvalue weighted by Crippen LogP contribution is -2.36. The van der Waals surface area contributed by atoms with Gasteiger partial charge in [0.15, 0.2) is 0 Å². The molecule has 0 saturated carbocycles. The zero-order chi connectivity index (χ0) is 15.3. The number of halogens is 1. The van der Waals surface area contributed by atoms with Crippen LogP contribution in [0.2, 0.25) is 0 Å². The first-order valence-corrected chi connectivity index (χ1v) is 7.19. The highest BCUT2D eigenvalue weighted by molar-refractivity contribution is 5.89. The van der Waals surface area contributed by atoms with Crippen LogP contribution >= 0.6 is 0 Å². The molecular formula is C16H22FNO3. The van der Waals surface area contributed by atoms with Crippen molar-refractivity contribution >= 4 is 5.97 Å². The number of nitrogens with one attached hydrogen (secondary N) is 1. The third kappa shape index (κ3) is 4.25. The number of carbonyl (C=O) groups excluding carboxylic acids is 1. The maximum absolute atomic E-state index is 13.8. The zero-order valence-corrected chi connectivity index (χ0v) is 12.6. The largest absolute Gasteiger partial charge is 0.465 e. The zero-order valence-electron chi connectivity index (χ0n) is 12.6. The maximum Gasteiger partial charge on any atom is 0.340 e. The van der Waals surface area contributed by atoms with Crippen LogP contribution in [0.3, 0.4) is 0 Å². The summed E-state index contributed by atoms with van der Waals surface area (Å²) in [5, 5.41) is 3.36. The standard InChI is InChI=1S/C16H22FNO3/c1-16(5-7-21-8-6-16)11-18-10-12-3-4-13(14(17)9-12)15(19)20-2/h3-4,9,18H,5-8,10-11H2,1-2H3. The topological polar surface area (TPSA) is 47.6 Å². The Morgan fingerprint density at radius 1 is 1.43 bits per heavy atom. The summed E-state index contributed by atoms with van der Waals surface area (Å²) in [6, 6.07) is 4.59. The smallest absolute Gasteiger partial charge is 0.340 e. The maximum atomic E-state index is 13.8. The molecule has 0 spiro atoms. The van der Waals surface area contributed by atoms with E-state index < -0.39 is 11.8 Å². The Kier molecular flexibility index (Phi) is 5.31. The second-order valence-electron chi connectivity index (χ2n) is 5.83. The Hall–Kier alpha value is -1.46. The molecule has 2 rings (SSSR count). The molecule has 0 radical (unpaired) electrons. The monoisotopic (exact) mass is 295 g/mol. The van der Waals surface area contributed by atoms with Crippen molar-refractivity contribution in [2.24, 2.45) is 5.41 Å². The molecule has 21 heavy (non-hydrogen) atoms. The number of hydrogen-bond donors (Lipinski definition) is 1. The molecule has 1 aromatic rings. The van der Waals surface area contributed by atoms with Gasteiger partial charge in [0.25, 0.3) is 0 Å². The van der Waals surface area contributed by atoms with Gasteiger partial charge in [-0.1, -0.05) is 13.0 Å². The summed E-state index contributed by atoms with van der Waals surface area (Å²) in [4.78, 5) is 11.3. The van der Waals surface area contributed by atoms with Gasteiger partial charge in [0, 0.05) is 26.3 Å². The lowest BCUT2D eigenvalue weighted by atomic mass is 9.82. The minimum Gasteiger partial charge on any atom is -0.465 e. The third-order valence-electron chi connectivity index (χ3n) is 4.02. The Bertz CT molecular complexity index is 498. The van der Waals surface area contributed by atoms with Crippen LogP contribution in [-0.4, -0.2) is 32.8 Å². The molecule has 0 atom stereocenters. The van der Waals surface area contributed by atoms with E-state index >= 15 is 0 Å². The molecule has 0 amide bonds. The van der Waals surface area contributed by atoms with E-state index in [4.69, 9.17) is 4.74 Å². The predicted octanol–water partition coefficient (Wildman–Crippen LogP) is 2.52. The van der Waals surface area contributed by atoms with Crippen LogP contribution in [0.25, 0.3) is 0 Å². The van der Waals surface area contributed by atoms with Crippen LogP contribution in [-0.2, 0) is 16.0 Å². The van der Waals surface area contributed by atoms with Gasteiger partial charge in [-0.25, -0.2) is 9.18 Å². The second kappa shape index (κ2) is 7.00. The first-order valence-electron chi connectivity index (χ1n) is 7.19. The fourth-order valence-electron chi connectivity index (χ4n) is 2.49. The van der Waals surface area contributed by atoms with Crippen molar-refractivity contribution in [2.75, 3.05) is 26.9 Å². The van der Waals surface area contributed by atoms with Crippen LogP contribution in [0, 0.1) is 11.2 Å². The van der Waals surface area contributed by atoms with Gasteiger partial charge in [0.05, 0.1) is 12.7 Å². The molecule has 0 aliphatic carbocycles. The number of benzene rings is 1. The van der Waals surface area contributed by atoms with Crippen LogP contribution in [0.15, 0.2) is 18.2 Å². The van der Waals surface area contributed by atoms with Crippen molar-refractivity contribution in [3.05, 3.63) is 35.1 Å². The molecule has 1 saturated heterocycles. The average Bonchev–Trinajstić information content (AvgIpc) is 2.47. The highest BCUT2D eigenvalue weighted by atomic mass is 19.1. The molecule has 116 valence electrons. The van der Waals surface area contributed by atoms with Crippen LogP contribution in [0.5, 0.6) is 0 Å². The summed E-state index contributed by atoms with van der Waals surface area (Å²) in [6.45, 7) is 5.30. The van der Waals surface area contributed by atoms with Crippen molar-refractivity contribution in [3.8, 4) is 0 Å². The highest BCUT2D eigenvalue weighted by Crippen LogP contribution is 2.28. The molecule has 1 aromatic carbocycles. The minimum atomic E-state index is -0.651. The quantitative estimate of drug-likeness (QED) is 0.848. The van der Waals surface area contributed by atoms with Gasteiger partial charge >= 0.3 is 5.97 Å². The van der Waals surface area contributed by atoms with Crippen molar-refractivity contribution in [1.29, 1.82) is 0 Å². The number of ether oxygens (including phenoxy) is 2. The predicted molar refractivity (Wildman–Crippen MR) is 77.6 cm³/mol. The van der Waals surface area contributed by atoms with Gasteiger partial charge < -0.3 is 14.8 Å². The van der Waals surface area contributed by atoms with Crippen LogP contribution in [0.1, 0.15) is 35.7 Å². The molecular weight excluding hydrogens is 273 g/mol. The summed E-state index contributed by atoms with van der Waals surface area (Å²) in [5.74, 6) is -1.19. The fourth-order valence-corrected chi connectivity index (χ4v) is 2.49. The van der Waals surface area contributed by atoms with Gasteiger partial charge in [-0.2, -0.15) is 0 Å². The molecule has 0 bridgehead atoms. The number of carbonyl (C=O) groups is 1. The molecule has 0 aromatic heterocycles. The van der Waals surface area contributed by atoms with Crippen molar-refractivity contribution in [1.82, 2.24) is 5.32 Å². The number of methoxy groups -OCH3 is 1. The normalized spacial score (nSPS) is 17.5. The average molecular weight is 295 g/mol. The SMILES string of the molecule is COC(=O)c1ccc(CNCC2(C)CCOCC2)cc1F. The molecule has 0 unspecified atom stereocenters. The van der Waals surface area contributed by atoms with Crippen LogP contribution in [0.4, 0.5) is 4.39 Å². The van der Waals surface area contributed by atoms with E-state index in [0.717, 1.165) is 38.2 Å². The lowest BCUT2D eigenvalue weighted by molar-refractivity contribution is 0.0240. The molecule has 1 fully saturated rings. The second-order valence-corrected chi connectivity index (χ2v) is 5.83. The lowest BCUT2D eigenvalue weighted by Gasteiger charge is -2.33. The van der Waals surface area contributed by atoms with Gasteiger partial charge in [-0.05, 0) is 36.0 Å². The highest BCUT2D eigenvalue weighted by Gasteiger charge is 2.26. The fraction of sp³-hybridized carbons (Fsp3) is 0.562. The van der Waals surface area contributed by atoms with Gasteiger partial charge in [-0.15, -0.1) is 0 Å². The summed E-state index contributed by atoms with van der Waals surface area (Å²) < 4.78 is 23.7. The van der Waals surface area contributed by atoms with E-state index in [1.54, 1.807) is 6.07 Å². The van der Waals surface area contributed by atoms with E-state index in [1.165, 1.54) is 19.2 Å². The van der Waals surface area contributed by atoms with Crippen LogP contribution < -0.4 is 5.32 Å². The Balaban J connectivity index is 1.89. The first kappa shape index (κ1) is 15.9. The summed E-state index contributed by atoms with van der Waals surface area (Å²) >= 11 is 0. The molecule has 4 nitrogen and oxygen atoms in total. The van der Waals surface area contributed by atoms with E-state index in [2.05, 4.69) is 17.0 Å². The first-order chi connectivity index (χ1) is 10.0. The molecule has 1 aliphatic rings. The van der Waals surface area contributed by atoms with Crippen molar-refractivity contribution in [2.45, 2.75) is 26.3 Å². The third-order valence-corrected chi connectivity index (χ3v) is 4.02. The van der Waals surface area contributed by atoms with E-state index in [0.29, 0.717) is 6.54 Å². The Labute approximate surface area is 124 Å². The Morgan fingerprint density at radius 2 is 2.14 bits per heavy atom. The summed E-state index contributed by atoms with van der Waals surface area (Å²) in [6.07, 6.45) is 2.07. The van der Waals surface area contributed by atoms with E-state index in [9.17, 15) is 9.18 Å². The molecule has 5 heteroatoms. The van der Waals surface area contributed by atoms with Gasteiger partial charge in [0.2, 0.25) is 0 Å². The molecule has 1 aliphatic heterocycles. The van der Waals surface area contributed by atoms with Crippen molar-refractivity contribution in [3.63, 3.8) is 0 Å². The summed E-state index contributed by atoms with van der Waals surface area (Å²) in [5.41, 5.74) is 1.02. The number of esters is 1. The van der Waals surface area contributed by atoms with Crippen molar-refractivity contribution < 1.29 is 18.7 Å². The Morgan fingerprint density at radius 3 is 2.76 bits per heavy atom. The van der Waals surface area contributed by atoms with Gasteiger partial charge in [0.1, 0.15) is 5.82 Å². The molecule has 1 N–H and O–H groups in total. The summed E-state index contributed by atoms with van der Waals surface area (Å²) in [7, 11) is 1.24. The van der Waals surface area contributed by atoms with E-state index in [-0.39, 0.29) is 11.0 Å². The number of rotatable bonds is 5. The molecule has 1 heterocycles.